The highest BCUT2D eigenvalue weighted by molar-refractivity contribution is 6.47. The van der Waals surface area contributed by atoms with Gasteiger partial charge in [-0.1, -0.05) is 71.9 Å². The molecule has 4 aromatic rings. The van der Waals surface area contributed by atoms with Gasteiger partial charge in [-0.25, -0.2) is 4.98 Å². The molecule has 1 saturated heterocycles. The van der Waals surface area contributed by atoms with Crippen molar-refractivity contribution in [1.29, 1.82) is 0 Å². The average molecular weight is 954 g/mol. The Bertz CT molecular complexity index is 2650. The van der Waals surface area contributed by atoms with E-state index in [1.807, 2.05) is 44.2 Å². The first kappa shape index (κ1) is 49.9. The van der Waals surface area contributed by atoms with Crippen molar-refractivity contribution >= 4 is 37.0 Å². The maximum absolute atomic E-state index is 14.7. The molecule has 4 amide bonds. The van der Waals surface area contributed by atoms with Gasteiger partial charge in [0.2, 0.25) is 5.91 Å². The van der Waals surface area contributed by atoms with Crippen molar-refractivity contribution in [3.63, 3.8) is 0 Å². The van der Waals surface area contributed by atoms with Crippen molar-refractivity contribution in [2.45, 2.75) is 110 Å². The molecule has 5 aliphatic rings. The third-order valence-corrected chi connectivity index (χ3v) is 15.4. The fraction of sp³-hybridized carbons (Fsp3) is 0.481. The van der Waals surface area contributed by atoms with E-state index in [1.165, 1.54) is 30.9 Å². The fourth-order valence-electron chi connectivity index (χ4n) is 11.1. The normalized spacial score (nSPS) is 22.6. The van der Waals surface area contributed by atoms with Crippen LogP contribution >= 0.6 is 0 Å². The topological polar surface area (TPSA) is 229 Å². The van der Waals surface area contributed by atoms with Crippen LogP contribution in [0.3, 0.4) is 0 Å². The summed E-state index contributed by atoms with van der Waals surface area (Å²) in [5.74, 6) is -1.77. The third-order valence-electron chi connectivity index (χ3n) is 15.4. The van der Waals surface area contributed by atoms with E-state index in [9.17, 15) is 29.4 Å². The van der Waals surface area contributed by atoms with Gasteiger partial charge in [0.25, 0.3) is 17.7 Å². The number of amides is 4. The Morgan fingerprint density at radius 1 is 0.943 bits per heavy atom. The van der Waals surface area contributed by atoms with Gasteiger partial charge < -0.3 is 40.4 Å². The molecular formula is C52H64BN9O8. The van der Waals surface area contributed by atoms with E-state index in [1.54, 1.807) is 37.1 Å². The molecule has 18 heteroatoms. The Balaban J connectivity index is 1.01. The predicted molar refractivity (Wildman–Crippen MR) is 264 cm³/mol. The smallest absolute Gasteiger partial charge is 0.462 e. The molecule has 3 saturated carbocycles. The van der Waals surface area contributed by atoms with Crippen LogP contribution < -0.4 is 16.0 Å². The summed E-state index contributed by atoms with van der Waals surface area (Å²) < 4.78 is 13.8. The minimum atomic E-state index is -0.885. The first-order valence-electron chi connectivity index (χ1n) is 24.3. The number of carbonyl (C=O) groups is 4. The quantitative estimate of drug-likeness (QED) is 0.0626. The molecule has 2 bridgehead atoms. The van der Waals surface area contributed by atoms with Gasteiger partial charge in [-0.05, 0) is 89.5 Å². The van der Waals surface area contributed by atoms with Gasteiger partial charge in [0.1, 0.15) is 29.3 Å². The molecule has 17 nitrogen and oxygen atoms in total. The first-order valence-corrected chi connectivity index (χ1v) is 24.3. The van der Waals surface area contributed by atoms with Crippen molar-refractivity contribution in [3.8, 4) is 22.6 Å². The minimum Gasteiger partial charge on any atom is -0.508 e. The second-order valence-electron chi connectivity index (χ2n) is 20.4. The van der Waals surface area contributed by atoms with Crippen LogP contribution in [0.1, 0.15) is 128 Å². The largest absolute Gasteiger partial charge is 0.508 e. The molecule has 1 aromatic heterocycles. The number of hydrogen-bond donors (Lipinski definition) is 5. The second-order valence-corrected chi connectivity index (χ2v) is 20.4. The molecule has 1 unspecified atom stereocenters. The molecule has 70 heavy (non-hydrogen) atoms. The Morgan fingerprint density at radius 2 is 1.71 bits per heavy atom. The summed E-state index contributed by atoms with van der Waals surface area (Å²) in [6.45, 7) is 15.3. The lowest BCUT2D eigenvalue weighted by atomic mass is 9.37. The molecule has 2 aliphatic heterocycles. The number of nitrogens with zero attached hydrogens (tertiary/aromatic N) is 6. The molecule has 0 radical (unpaired) electrons. The van der Waals surface area contributed by atoms with Crippen LogP contribution in [-0.4, -0.2) is 107 Å². The average Bonchev–Trinajstić information content (AvgIpc) is 4.04. The van der Waals surface area contributed by atoms with Crippen LogP contribution in [-0.2, 0) is 20.5 Å². The van der Waals surface area contributed by atoms with Gasteiger partial charge >= 0.3 is 7.12 Å². The van der Waals surface area contributed by atoms with Gasteiger partial charge in [0, 0.05) is 85.0 Å². The molecule has 7 atom stereocenters. The zero-order valence-corrected chi connectivity index (χ0v) is 41.2. The Kier molecular flexibility index (Phi) is 14.6. The maximum atomic E-state index is 14.7. The summed E-state index contributed by atoms with van der Waals surface area (Å²) in [4.78, 5) is 65.6. The van der Waals surface area contributed by atoms with Crippen LogP contribution in [0.4, 0.5) is 0 Å². The van der Waals surface area contributed by atoms with Crippen LogP contribution in [0, 0.1) is 22.7 Å². The van der Waals surface area contributed by atoms with Crippen LogP contribution in [0.15, 0.2) is 88.6 Å². The fourth-order valence-corrected chi connectivity index (χ4v) is 11.1. The number of aromatic nitrogens is 2. The summed E-state index contributed by atoms with van der Waals surface area (Å²) >= 11 is 0. The molecule has 368 valence electrons. The van der Waals surface area contributed by atoms with Crippen molar-refractivity contribution in [3.05, 3.63) is 107 Å². The van der Waals surface area contributed by atoms with Crippen molar-refractivity contribution < 1.29 is 38.7 Å². The van der Waals surface area contributed by atoms with Crippen LogP contribution in [0.25, 0.3) is 11.1 Å². The molecule has 5 N–H and O–H groups in total. The van der Waals surface area contributed by atoms with Crippen LogP contribution in [0.2, 0.25) is 5.82 Å². The highest BCUT2D eigenvalue weighted by atomic mass is 16.7. The van der Waals surface area contributed by atoms with E-state index in [4.69, 9.17) is 9.31 Å². The number of aromatic hydroxyl groups is 2. The lowest BCUT2D eigenvalue weighted by Crippen LogP contribution is -2.68. The number of carbonyl (C=O) groups excluding carboxylic acids is 4. The zero-order chi connectivity index (χ0) is 50.1. The third kappa shape index (κ3) is 9.67. The number of phenolic OH excluding ortho intramolecular Hbond substituents is 2. The summed E-state index contributed by atoms with van der Waals surface area (Å²) in [5, 5.41) is 43.0. The highest BCUT2D eigenvalue weighted by Crippen LogP contribution is 2.71. The minimum absolute atomic E-state index is 0.0555. The Morgan fingerprint density at radius 3 is 2.37 bits per heavy atom. The Hall–Kier alpha value is -6.53. The van der Waals surface area contributed by atoms with E-state index in [0.29, 0.717) is 47.7 Å². The van der Waals surface area contributed by atoms with Crippen molar-refractivity contribution in [2.75, 3.05) is 26.7 Å². The van der Waals surface area contributed by atoms with Gasteiger partial charge in [0.15, 0.2) is 0 Å². The number of phenols is 2. The van der Waals surface area contributed by atoms with E-state index < -0.39 is 31.0 Å². The van der Waals surface area contributed by atoms with Crippen LogP contribution in [0.5, 0.6) is 11.5 Å². The van der Waals surface area contributed by atoms with Gasteiger partial charge in [-0.3, -0.25) is 24.2 Å². The number of hydrogen-bond acceptors (Lipinski definition) is 13. The first-order chi connectivity index (χ1) is 33.4. The standard InChI is InChI=1S/C52H64BN9O8/c1-9-55-47(65)37-21-32(20-36(45(37)40-28-58-61-60-40)35-23-34(29(2)3)42(63)24-43(35)64)50(68)62(8)18-15-52-25-33(51(52,6)7)22-44-46(52)70-53(69-44)38(30(4)5)26-57-48(66)39(19-31-13-11-10-12-14-31)59-49(67)41-27-54-16-17-56-41/h10-14,16-17,20-21,23-24,27-30,33,38-40,44,46,63-64H,9,15,18-19,22,25-26H2,1-8H3,(H,55,65)(H,57,66)(H,59,67)/t33-,38+,39?,40-,44-,46-,52+/m0/s1. The molecule has 3 aromatic carbocycles. The van der Waals surface area contributed by atoms with E-state index >= 15 is 0 Å². The lowest BCUT2D eigenvalue weighted by molar-refractivity contribution is -0.235. The summed E-state index contributed by atoms with van der Waals surface area (Å²) in [5.41, 5.74) is 2.68. The number of nitrogens with one attached hydrogen (secondary N) is 3. The molecule has 4 fully saturated rings. The summed E-state index contributed by atoms with van der Waals surface area (Å²) in [6, 6.07) is 14.1. The zero-order valence-electron chi connectivity index (χ0n) is 41.2. The molecule has 9 rings (SSSR count). The number of rotatable bonds is 18. The van der Waals surface area contributed by atoms with E-state index in [-0.39, 0.29) is 93.8 Å². The monoisotopic (exact) mass is 953 g/mol. The molecule has 3 aliphatic carbocycles. The summed E-state index contributed by atoms with van der Waals surface area (Å²) in [6.07, 6.45) is 7.97. The molecule has 3 heterocycles. The second kappa shape index (κ2) is 20.4. The number of benzene rings is 3. The predicted octanol–water partition coefficient (Wildman–Crippen LogP) is 7.27. The van der Waals surface area contributed by atoms with Gasteiger partial charge in [-0.2, -0.15) is 5.11 Å². The van der Waals surface area contributed by atoms with Gasteiger partial charge in [-0.15, -0.1) is 5.10 Å². The van der Waals surface area contributed by atoms with E-state index in [0.717, 1.165) is 18.4 Å². The maximum Gasteiger partial charge on any atom is 0.462 e. The molecule has 0 spiro atoms. The van der Waals surface area contributed by atoms with E-state index in [2.05, 4.69) is 69.1 Å². The SMILES string of the molecule is CCNC(=O)c1cc(C(=O)N(C)CC[C@@]23C[C@H](C[C@@H]4OB([C@H](CNC(=O)C(Cc5ccccc5)NC(=O)c5cnccn5)C(C)C)O[C@@H]42)C3(C)C)cc(-c2cc(C(C)C)c(O)cc2O)c1[C@@H]1C=NN=N1. The summed E-state index contributed by atoms with van der Waals surface area (Å²) in [7, 11) is 1.15. The van der Waals surface area contributed by atoms with Crippen molar-refractivity contribution in [1.82, 2.24) is 30.8 Å². The molecular weight excluding hydrogens is 889 g/mol. The lowest BCUT2D eigenvalue weighted by Gasteiger charge is -2.69. The Labute approximate surface area is 409 Å². The van der Waals surface area contributed by atoms with Gasteiger partial charge in [0.05, 0.1) is 24.6 Å². The highest BCUT2D eigenvalue weighted by Gasteiger charge is 2.71. The van der Waals surface area contributed by atoms with Crippen molar-refractivity contribution in [2.24, 2.45) is 38.1 Å².